The number of benzene rings is 3. The highest BCUT2D eigenvalue weighted by Crippen LogP contribution is 2.48. The molecular formula is C28H24N2O4. The lowest BCUT2D eigenvalue weighted by Crippen LogP contribution is -2.40. The van der Waals surface area contributed by atoms with Crippen LogP contribution in [-0.2, 0) is 10.2 Å². The first-order chi connectivity index (χ1) is 16.7. The van der Waals surface area contributed by atoms with E-state index in [0.717, 1.165) is 16.7 Å². The van der Waals surface area contributed by atoms with Crippen LogP contribution >= 0.6 is 0 Å². The number of rotatable bonds is 5. The molecule has 3 heterocycles. The smallest absolute Gasteiger partial charge is 0.302 e. The van der Waals surface area contributed by atoms with Gasteiger partial charge in [0.15, 0.2) is 12.3 Å². The highest BCUT2D eigenvalue weighted by atomic mass is 16.6. The molecule has 170 valence electrons. The topological polar surface area (TPSA) is 73.6 Å². The molecule has 0 unspecified atom stereocenters. The minimum atomic E-state index is -0.891. The molecule has 1 fully saturated rings. The minimum Gasteiger partial charge on any atom is -0.453 e. The van der Waals surface area contributed by atoms with Crippen molar-refractivity contribution in [1.82, 2.24) is 9.55 Å². The lowest BCUT2D eigenvalue weighted by atomic mass is 9.66. The second-order valence-corrected chi connectivity index (χ2v) is 8.80. The van der Waals surface area contributed by atoms with Gasteiger partial charge >= 0.3 is 6.01 Å². The molecule has 0 saturated carbocycles. The number of ether oxygens (including phenoxy) is 2. The molecule has 34 heavy (non-hydrogen) atoms. The summed E-state index contributed by atoms with van der Waals surface area (Å²) in [5.74, 6) is 0. The summed E-state index contributed by atoms with van der Waals surface area (Å²) in [5.41, 5.74) is 2.41. The average molecular weight is 453 g/mol. The molecule has 6 heteroatoms. The second-order valence-electron chi connectivity index (χ2n) is 8.80. The van der Waals surface area contributed by atoms with E-state index in [2.05, 4.69) is 41.4 Å². The molecule has 0 amide bonds. The van der Waals surface area contributed by atoms with Crippen LogP contribution in [0.2, 0.25) is 0 Å². The highest BCUT2D eigenvalue weighted by molar-refractivity contribution is 5.50. The van der Waals surface area contributed by atoms with Gasteiger partial charge in [-0.25, -0.2) is 0 Å². The van der Waals surface area contributed by atoms with Gasteiger partial charge in [0.2, 0.25) is 0 Å². The normalized spacial score (nSPS) is 23.2. The first-order valence-corrected chi connectivity index (χ1v) is 11.4. The van der Waals surface area contributed by atoms with Crippen LogP contribution in [-0.4, -0.2) is 33.0 Å². The summed E-state index contributed by atoms with van der Waals surface area (Å²) in [5, 5.41) is 11.3. The predicted octanol–water partition coefficient (Wildman–Crippen LogP) is 3.69. The first-order valence-electron chi connectivity index (χ1n) is 11.4. The second kappa shape index (κ2) is 8.24. The Labute approximate surface area is 197 Å². The van der Waals surface area contributed by atoms with E-state index in [9.17, 15) is 9.90 Å². The van der Waals surface area contributed by atoms with E-state index in [4.69, 9.17) is 9.47 Å². The number of hydrogen-bond donors (Lipinski definition) is 1. The molecule has 2 aliphatic heterocycles. The molecule has 3 aromatic carbocycles. The molecule has 4 aromatic rings. The van der Waals surface area contributed by atoms with Gasteiger partial charge in [-0.05, 0) is 23.1 Å². The van der Waals surface area contributed by atoms with Gasteiger partial charge in [-0.1, -0.05) is 91.0 Å². The lowest BCUT2D eigenvalue weighted by molar-refractivity contribution is -0.0271. The summed E-state index contributed by atoms with van der Waals surface area (Å²) in [4.78, 5) is 15.6. The maximum Gasteiger partial charge on any atom is 0.302 e. The molecule has 6 rings (SSSR count). The molecule has 1 N–H and O–H groups in total. The van der Waals surface area contributed by atoms with Crippen LogP contribution in [0.4, 0.5) is 0 Å². The van der Waals surface area contributed by atoms with Crippen LogP contribution in [0.5, 0.6) is 6.01 Å². The lowest BCUT2D eigenvalue weighted by Gasteiger charge is -2.38. The Kier molecular flexibility index (Phi) is 5.05. The summed E-state index contributed by atoms with van der Waals surface area (Å²) in [6.07, 6.45) is -0.447. The number of aliphatic hydroxyl groups excluding tert-OH is 1. The van der Waals surface area contributed by atoms with Crippen molar-refractivity contribution in [3.63, 3.8) is 0 Å². The Bertz CT molecular complexity index is 1240. The van der Waals surface area contributed by atoms with E-state index in [0.29, 0.717) is 6.42 Å². The largest absolute Gasteiger partial charge is 0.453 e. The van der Waals surface area contributed by atoms with Gasteiger partial charge in [-0.2, -0.15) is 4.98 Å². The Balaban J connectivity index is 1.46. The van der Waals surface area contributed by atoms with Crippen LogP contribution in [0.25, 0.3) is 0 Å². The molecule has 0 aliphatic carbocycles. The fourth-order valence-corrected chi connectivity index (χ4v) is 5.36. The maximum absolute atomic E-state index is 11.6. The standard InChI is InChI=1S/C28H24N2O4/c31-23-16-17-30-26-25(34-27(30)29-23)24(32)22(33-26)18-28(19-10-4-1-5-11-19,20-12-6-2-7-13-20)21-14-8-3-9-15-21/h1-17,22,24-26,32H,18H2/t22-,24+,25+,26+/m1/s1. The van der Waals surface area contributed by atoms with Gasteiger partial charge < -0.3 is 14.6 Å². The third-order valence-corrected chi connectivity index (χ3v) is 6.94. The molecule has 0 radical (unpaired) electrons. The number of aromatic nitrogens is 2. The summed E-state index contributed by atoms with van der Waals surface area (Å²) in [6, 6.07) is 32.6. The van der Waals surface area contributed by atoms with Crippen LogP contribution in [0.1, 0.15) is 29.3 Å². The fourth-order valence-electron chi connectivity index (χ4n) is 5.36. The van der Waals surface area contributed by atoms with Crippen molar-refractivity contribution in [3.8, 4) is 6.01 Å². The van der Waals surface area contributed by atoms with E-state index in [1.165, 1.54) is 6.07 Å². The van der Waals surface area contributed by atoms with Crippen molar-refractivity contribution >= 4 is 0 Å². The van der Waals surface area contributed by atoms with Crippen molar-refractivity contribution in [2.24, 2.45) is 0 Å². The third kappa shape index (κ3) is 3.26. The first kappa shape index (κ1) is 20.8. The monoisotopic (exact) mass is 452 g/mol. The van der Waals surface area contributed by atoms with Crippen LogP contribution in [0.3, 0.4) is 0 Å². The zero-order valence-electron chi connectivity index (χ0n) is 18.4. The van der Waals surface area contributed by atoms with Crippen LogP contribution in [0.15, 0.2) is 108 Å². The van der Waals surface area contributed by atoms with E-state index in [-0.39, 0.29) is 11.6 Å². The average Bonchev–Trinajstić information content (AvgIpc) is 3.39. The van der Waals surface area contributed by atoms with Gasteiger partial charge in [0, 0.05) is 17.7 Å². The van der Waals surface area contributed by atoms with Crippen molar-refractivity contribution in [2.75, 3.05) is 0 Å². The molecule has 1 saturated heterocycles. The summed E-state index contributed by atoms with van der Waals surface area (Å²) >= 11 is 0. The number of fused-ring (bicyclic) bond motifs is 3. The van der Waals surface area contributed by atoms with Crippen LogP contribution < -0.4 is 10.3 Å². The summed E-state index contributed by atoms with van der Waals surface area (Å²) < 4.78 is 14.0. The zero-order chi connectivity index (χ0) is 23.1. The maximum atomic E-state index is 11.6. The predicted molar refractivity (Wildman–Crippen MR) is 127 cm³/mol. The van der Waals surface area contributed by atoms with Crippen molar-refractivity contribution in [3.05, 3.63) is 130 Å². The molecule has 2 aliphatic rings. The number of aliphatic hydroxyl groups is 1. The third-order valence-electron chi connectivity index (χ3n) is 6.94. The minimum absolute atomic E-state index is 0.181. The Morgan fingerprint density at radius 2 is 1.35 bits per heavy atom. The highest BCUT2D eigenvalue weighted by Gasteiger charge is 2.53. The fraction of sp³-hybridized carbons (Fsp3) is 0.214. The summed E-state index contributed by atoms with van der Waals surface area (Å²) in [6.45, 7) is 0. The van der Waals surface area contributed by atoms with E-state index < -0.39 is 30.0 Å². The Morgan fingerprint density at radius 3 is 1.88 bits per heavy atom. The summed E-state index contributed by atoms with van der Waals surface area (Å²) in [7, 11) is 0. The van der Waals surface area contributed by atoms with Crippen LogP contribution in [0, 0.1) is 0 Å². The SMILES string of the molecule is O=c1ccn2c(n1)O[C@H]1[C@@H](O)[C@@H](CC(c3ccccc3)(c3ccccc3)c3ccccc3)O[C@@H]12. The van der Waals surface area contributed by atoms with Gasteiger partial charge in [0.05, 0.1) is 6.10 Å². The number of nitrogens with zero attached hydrogens (tertiary/aromatic N) is 2. The van der Waals surface area contributed by atoms with Gasteiger partial charge in [-0.3, -0.25) is 9.36 Å². The van der Waals surface area contributed by atoms with Crippen molar-refractivity contribution in [2.45, 2.75) is 36.4 Å². The van der Waals surface area contributed by atoms with E-state index in [1.807, 2.05) is 54.6 Å². The van der Waals surface area contributed by atoms with Gasteiger partial charge in [0.1, 0.15) is 6.10 Å². The molecule has 1 aromatic heterocycles. The Morgan fingerprint density at radius 1 is 0.824 bits per heavy atom. The van der Waals surface area contributed by atoms with Crippen molar-refractivity contribution < 1.29 is 14.6 Å². The van der Waals surface area contributed by atoms with Gasteiger partial charge in [-0.15, -0.1) is 0 Å². The number of hydrogen-bond acceptors (Lipinski definition) is 5. The Hall–Kier alpha value is -3.74. The molecule has 4 atom stereocenters. The molecule has 0 spiro atoms. The van der Waals surface area contributed by atoms with E-state index >= 15 is 0 Å². The zero-order valence-corrected chi connectivity index (χ0v) is 18.4. The molecule has 0 bridgehead atoms. The van der Waals surface area contributed by atoms with Crippen molar-refractivity contribution in [1.29, 1.82) is 0 Å². The quantitative estimate of drug-likeness (QED) is 0.468. The van der Waals surface area contributed by atoms with Gasteiger partial charge in [0.25, 0.3) is 5.56 Å². The molecular weight excluding hydrogens is 428 g/mol. The van der Waals surface area contributed by atoms with E-state index in [1.54, 1.807) is 10.8 Å². The molecule has 6 nitrogen and oxygen atoms in total.